The minimum absolute atomic E-state index is 0.415. The fourth-order valence-electron chi connectivity index (χ4n) is 1.60. The van der Waals surface area contributed by atoms with Crippen LogP contribution >= 0.6 is 24.0 Å². The molecule has 1 N–H and O–H groups in total. The van der Waals surface area contributed by atoms with Crippen LogP contribution in [0.15, 0.2) is 0 Å². The van der Waals surface area contributed by atoms with Crippen molar-refractivity contribution < 1.29 is 4.79 Å². The van der Waals surface area contributed by atoms with Crippen molar-refractivity contribution in [3.63, 3.8) is 0 Å². The number of aromatic amines is 1. The number of nitrogens with zero attached hydrogens (tertiary/aromatic N) is 1. The highest BCUT2D eigenvalue weighted by Crippen LogP contribution is 2.19. The van der Waals surface area contributed by atoms with Crippen LogP contribution in [0.4, 0.5) is 0 Å². The number of nitrogens with one attached hydrogen (secondary N) is 1. The molecular formula is C9H10N2OS2. The Morgan fingerprint density at radius 3 is 3.00 bits per heavy atom. The van der Waals surface area contributed by atoms with E-state index < -0.39 is 0 Å². The Balaban J connectivity index is 2.57. The van der Waals surface area contributed by atoms with Gasteiger partial charge in [0.1, 0.15) is 5.69 Å². The minimum atomic E-state index is 0.415. The molecule has 0 spiro atoms. The molecule has 0 saturated carbocycles. The Morgan fingerprint density at radius 2 is 2.21 bits per heavy atom. The zero-order valence-electron chi connectivity index (χ0n) is 7.58. The monoisotopic (exact) mass is 226 g/mol. The summed E-state index contributed by atoms with van der Waals surface area (Å²) in [6, 6.07) is 0. The van der Waals surface area contributed by atoms with Gasteiger partial charge < -0.3 is 4.98 Å². The van der Waals surface area contributed by atoms with E-state index in [0.29, 0.717) is 10.5 Å². The highest BCUT2D eigenvalue weighted by molar-refractivity contribution is 7.99. The first-order valence-corrected chi connectivity index (χ1v) is 6.02. The third-order valence-corrected chi connectivity index (χ3v) is 3.44. The van der Waals surface area contributed by atoms with Crippen molar-refractivity contribution in [2.75, 3.05) is 11.5 Å². The highest BCUT2D eigenvalue weighted by Gasteiger charge is 2.13. The SMILES string of the molecule is O=Cc1nc(=S)[nH]c2c1CCSCC2. The molecule has 2 rings (SSSR count). The maximum absolute atomic E-state index is 10.8. The van der Waals surface area contributed by atoms with Gasteiger partial charge in [-0.25, -0.2) is 4.98 Å². The van der Waals surface area contributed by atoms with Gasteiger partial charge in [0.2, 0.25) is 0 Å². The fraction of sp³-hybridized carbons (Fsp3) is 0.444. The average Bonchev–Trinajstić information content (AvgIpc) is 2.41. The van der Waals surface area contributed by atoms with E-state index in [1.807, 2.05) is 11.8 Å². The van der Waals surface area contributed by atoms with E-state index in [2.05, 4.69) is 9.97 Å². The van der Waals surface area contributed by atoms with Crippen LogP contribution in [0.3, 0.4) is 0 Å². The van der Waals surface area contributed by atoms with Crippen LogP contribution in [-0.2, 0) is 12.8 Å². The first-order chi connectivity index (χ1) is 6.81. The molecule has 2 heterocycles. The van der Waals surface area contributed by atoms with Crippen LogP contribution in [-0.4, -0.2) is 27.8 Å². The molecule has 0 amide bonds. The minimum Gasteiger partial charge on any atom is -0.334 e. The number of aromatic nitrogens is 2. The summed E-state index contributed by atoms with van der Waals surface area (Å²) in [5.41, 5.74) is 2.67. The Bertz CT molecular complexity index is 414. The lowest BCUT2D eigenvalue weighted by Crippen LogP contribution is -2.05. The predicted octanol–water partition coefficient (Wildman–Crippen LogP) is 1.78. The second-order valence-electron chi connectivity index (χ2n) is 3.11. The number of rotatable bonds is 1. The van der Waals surface area contributed by atoms with Crippen molar-refractivity contribution in [1.29, 1.82) is 0 Å². The largest absolute Gasteiger partial charge is 0.334 e. The molecule has 0 unspecified atom stereocenters. The Labute approximate surface area is 91.3 Å². The number of carbonyl (C=O) groups excluding carboxylic acids is 1. The van der Waals surface area contributed by atoms with Gasteiger partial charge in [-0.2, -0.15) is 11.8 Å². The van der Waals surface area contributed by atoms with Crippen molar-refractivity contribution in [3.8, 4) is 0 Å². The lowest BCUT2D eigenvalue weighted by molar-refractivity contribution is 0.111. The van der Waals surface area contributed by atoms with Gasteiger partial charge in [0.25, 0.3) is 0 Å². The van der Waals surface area contributed by atoms with E-state index in [4.69, 9.17) is 12.2 Å². The first-order valence-electron chi connectivity index (χ1n) is 4.46. The summed E-state index contributed by atoms with van der Waals surface area (Å²) < 4.78 is 0.415. The number of carbonyl (C=O) groups is 1. The number of hydrogen-bond acceptors (Lipinski definition) is 4. The molecule has 0 bridgehead atoms. The number of hydrogen-bond donors (Lipinski definition) is 1. The van der Waals surface area contributed by atoms with Crippen LogP contribution in [0.25, 0.3) is 0 Å². The molecule has 1 aromatic rings. The van der Waals surface area contributed by atoms with Gasteiger partial charge >= 0.3 is 0 Å². The standard InChI is InChI=1S/C9H10N2OS2/c12-5-8-6-1-3-14-4-2-7(6)10-9(13)11-8/h5H,1-4H2,(H,10,11,13). The van der Waals surface area contributed by atoms with E-state index >= 15 is 0 Å². The van der Waals surface area contributed by atoms with Gasteiger partial charge in [0, 0.05) is 11.3 Å². The normalized spacial score (nSPS) is 15.7. The van der Waals surface area contributed by atoms with E-state index in [9.17, 15) is 4.79 Å². The van der Waals surface area contributed by atoms with E-state index in [1.165, 1.54) is 0 Å². The summed E-state index contributed by atoms with van der Waals surface area (Å²) in [4.78, 5) is 17.9. The lowest BCUT2D eigenvalue weighted by atomic mass is 10.1. The highest BCUT2D eigenvalue weighted by atomic mass is 32.2. The molecule has 0 saturated heterocycles. The summed E-state index contributed by atoms with van der Waals surface area (Å²) in [7, 11) is 0. The number of thioether (sulfide) groups is 1. The van der Waals surface area contributed by atoms with Crippen molar-refractivity contribution in [1.82, 2.24) is 9.97 Å². The maximum atomic E-state index is 10.8. The Morgan fingerprint density at radius 1 is 1.43 bits per heavy atom. The van der Waals surface area contributed by atoms with Gasteiger partial charge in [-0.15, -0.1) is 0 Å². The number of aryl methyl sites for hydroxylation is 1. The second kappa shape index (κ2) is 4.23. The predicted molar refractivity (Wildman–Crippen MR) is 59.5 cm³/mol. The summed E-state index contributed by atoms with van der Waals surface area (Å²) in [5.74, 6) is 2.14. The maximum Gasteiger partial charge on any atom is 0.197 e. The van der Waals surface area contributed by atoms with Crippen LogP contribution in [0.2, 0.25) is 0 Å². The quantitative estimate of drug-likeness (QED) is 0.585. The Hall–Kier alpha value is -0.680. The third kappa shape index (κ3) is 1.88. The molecule has 0 radical (unpaired) electrons. The summed E-state index contributed by atoms with van der Waals surface area (Å²) in [6.07, 6.45) is 2.67. The van der Waals surface area contributed by atoms with Crippen molar-refractivity contribution >= 4 is 30.3 Å². The lowest BCUT2D eigenvalue weighted by Gasteiger charge is -2.06. The molecule has 0 aromatic carbocycles. The van der Waals surface area contributed by atoms with Crippen molar-refractivity contribution in [3.05, 3.63) is 21.7 Å². The van der Waals surface area contributed by atoms with Gasteiger partial charge in [0.15, 0.2) is 11.1 Å². The molecule has 0 aliphatic carbocycles. The number of fused-ring (bicyclic) bond motifs is 1. The second-order valence-corrected chi connectivity index (χ2v) is 4.73. The molecule has 3 nitrogen and oxygen atoms in total. The van der Waals surface area contributed by atoms with Crippen LogP contribution < -0.4 is 0 Å². The van der Waals surface area contributed by atoms with Crippen molar-refractivity contribution in [2.24, 2.45) is 0 Å². The van der Waals surface area contributed by atoms with Gasteiger partial charge in [-0.3, -0.25) is 4.79 Å². The summed E-state index contributed by atoms with van der Waals surface area (Å²) in [5, 5.41) is 0. The van der Waals surface area contributed by atoms with E-state index in [0.717, 1.165) is 41.9 Å². The molecular weight excluding hydrogens is 216 g/mol. The molecule has 1 aliphatic rings. The van der Waals surface area contributed by atoms with E-state index in [-0.39, 0.29) is 0 Å². The Kier molecular flexibility index (Phi) is 2.98. The summed E-state index contributed by atoms with van der Waals surface area (Å²) >= 11 is 6.86. The molecule has 1 aromatic heterocycles. The van der Waals surface area contributed by atoms with Crippen LogP contribution in [0.1, 0.15) is 21.7 Å². The van der Waals surface area contributed by atoms with E-state index in [1.54, 1.807) is 0 Å². The number of aldehydes is 1. The molecule has 5 heteroatoms. The zero-order valence-corrected chi connectivity index (χ0v) is 9.21. The molecule has 74 valence electrons. The zero-order chi connectivity index (χ0) is 9.97. The molecule has 1 aliphatic heterocycles. The molecule has 14 heavy (non-hydrogen) atoms. The van der Waals surface area contributed by atoms with Gasteiger partial charge in [-0.05, 0) is 36.6 Å². The van der Waals surface area contributed by atoms with Crippen LogP contribution in [0, 0.1) is 4.77 Å². The molecule has 0 atom stereocenters. The van der Waals surface area contributed by atoms with Crippen molar-refractivity contribution in [2.45, 2.75) is 12.8 Å². The first kappa shape index (κ1) is 9.86. The smallest absolute Gasteiger partial charge is 0.197 e. The van der Waals surface area contributed by atoms with Gasteiger partial charge in [0.05, 0.1) is 0 Å². The number of H-pyrrole nitrogens is 1. The summed E-state index contributed by atoms with van der Waals surface area (Å²) in [6.45, 7) is 0. The fourth-order valence-corrected chi connectivity index (χ4v) is 2.73. The third-order valence-electron chi connectivity index (χ3n) is 2.26. The van der Waals surface area contributed by atoms with Gasteiger partial charge in [-0.1, -0.05) is 0 Å². The van der Waals surface area contributed by atoms with Crippen LogP contribution in [0.5, 0.6) is 0 Å². The average molecular weight is 226 g/mol. The topological polar surface area (TPSA) is 45.8 Å². The molecule has 0 fully saturated rings.